The van der Waals surface area contributed by atoms with Crippen LogP contribution in [0.5, 0.6) is 34.5 Å². The van der Waals surface area contributed by atoms with E-state index in [1.165, 1.54) is 6.07 Å². The standard InChI is InChI=1S/C28H26O5/c29-23-10-5-19(6-11-23)1-3-21-9-14-27(32)28(17-21)33-26-16-22(15-25(31)18-26)4-2-20-7-12-24(30)13-8-20/h5-18,29-32H,1-4H2. The molecule has 0 radical (unpaired) electrons. The average molecular weight is 443 g/mol. The Labute approximate surface area is 192 Å². The molecule has 0 spiro atoms. The number of benzene rings is 4. The smallest absolute Gasteiger partial charge is 0.169 e. The van der Waals surface area contributed by atoms with E-state index in [0.717, 1.165) is 41.5 Å². The number of ether oxygens (including phenoxy) is 1. The Morgan fingerprint density at radius 2 is 0.970 bits per heavy atom. The first kappa shape index (κ1) is 22.1. The van der Waals surface area contributed by atoms with Gasteiger partial charge in [0, 0.05) is 6.07 Å². The summed E-state index contributed by atoms with van der Waals surface area (Å²) >= 11 is 0. The maximum absolute atomic E-state index is 10.3. The van der Waals surface area contributed by atoms with Crippen LogP contribution in [-0.2, 0) is 25.7 Å². The molecule has 4 rings (SSSR count). The lowest BCUT2D eigenvalue weighted by molar-refractivity contribution is 0.406. The van der Waals surface area contributed by atoms with Gasteiger partial charge in [0.25, 0.3) is 0 Å². The van der Waals surface area contributed by atoms with Crippen molar-refractivity contribution in [3.63, 3.8) is 0 Å². The average Bonchev–Trinajstić information content (AvgIpc) is 2.80. The molecule has 0 aliphatic rings. The van der Waals surface area contributed by atoms with Crippen LogP contribution in [0.25, 0.3) is 0 Å². The lowest BCUT2D eigenvalue weighted by atomic mass is 10.0. The third-order valence-corrected chi connectivity index (χ3v) is 5.48. The first-order valence-electron chi connectivity index (χ1n) is 10.8. The zero-order valence-corrected chi connectivity index (χ0v) is 18.1. The predicted octanol–water partition coefficient (Wildman–Crippen LogP) is 5.87. The second-order valence-electron chi connectivity index (χ2n) is 8.07. The normalized spacial score (nSPS) is 10.8. The number of phenolic OH excluding ortho intramolecular Hbond substituents is 4. The molecule has 0 amide bonds. The fourth-order valence-corrected chi connectivity index (χ4v) is 3.67. The highest BCUT2D eigenvalue weighted by Gasteiger charge is 2.09. The minimum Gasteiger partial charge on any atom is -0.508 e. The number of hydrogen-bond donors (Lipinski definition) is 4. The Hall–Kier alpha value is -4.12. The second-order valence-corrected chi connectivity index (χ2v) is 8.07. The largest absolute Gasteiger partial charge is 0.508 e. The molecule has 0 aliphatic heterocycles. The van der Waals surface area contributed by atoms with Gasteiger partial charge in [-0.3, -0.25) is 0 Å². The Morgan fingerprint density at radius 1 is 0.455 bits per heavy atom. The van der Waals surface area contributed by atoms with Crippen molar-refractivity contribution in [2.45, 2.75) is 25.7 Å². The van der Waals surface area contributed by atoms with E-state index in [1.807, 2.05) is 36.4 Å². The van der Waals surface area contributed by atoms with E-state index in [0.29, 0.717) is 17.9 Å². The fourth-order valence-electron chi connectivity index (χ4n) is 3.67. The SMILES string of the molecule is Oc1ccc(CCc2cc(O)cc(Oc3cc(CCc4ccc(O)cc4)ccc3O)c2)cc1. The van der Waals surface area contributed by atoms with E-state index in [-0.39, 0.29) is 23.0 Å². The first-order valence-corrected chi connectivity index (χ1v) is 10.8. The Morgan fingerprint density at radius 3 is 1.58 bits per heavy atom. The van der Waals surface area contributed by atoms with E-state index in [4.69, 9.17) is 4.74 Å². The van der Waals surface area contributed by atoms with Gasteiger partial charge in [0.1, 0.15) is 23.0 Å². The summed E-state index contributed by atoms with van der Waals surface area (Å²) in [6.45, 7) is 0. The molecule has 0 atom stereocenters. The zero-order valence-electron chi connectivity index (χ0n) is 18.1. The summed E-state index contributed by atoms with van der Waals surface area (Å²) in [5, 5.41) is 39.3. The molecular formula is C28H26O5. The van der Waals surface area contributed by atoms with E-state index in [9.17, 15) is 20.4 Å². The first-order chi connectivity index (χ1) is 15.9. The van der Waals surface area contributed by atoms with Crippen LogP contribution in [0, 0.1) is 0 Å². The molecule has 0 fully saturated rings. The lowest BCUT2D eigenvalue weighted by Crippen LogP contribution is -1.94. The molecule has 4 aromatic rings. The van der Waals surface area contributed by atoms with Crippen molar-refractivity contribution in [3.05, 3.63) is 107 Å². The lowest BCUT2D eigenvalue weighted by Gasteiger charge is -2.12. The molecule has 4 aromatic carbocycles. The molecule has 0 aromatic heterocycles. The quantitative estimate of drug-likeness (QED) is 0.274. The third-order valence-electron chi connectivity index (χ3n) is 5.48. The van der Waals surface area contributed by atoms with Gasteiger partial charge in [0.2, 0.25) is 0 Å². The monoisotopic (exact) mass is 442 g/mol. The molecule has 0 saturated carbocycles. The van der Waals surface area contributed by atoms with Crippen molar-refractivity contribution in [1.29, 1.82) is 0 Å². The number of rotatable bonds is 8. The van der Waals surface area contributed by atoms with Crippen LogP contribution in [0.2, 0.25) is 0 Å². The van der Waals surface area contributed by atoms with Gasteiger partial charge in [-0.05, 0) is 96.5 Å². The van der Waals surface area contributed by atoms with Crippen molar-refractivity contribution >= 4 is 0 Å². The van der Waals surface area contributed by atoms with Gasteiger partial charge in [0.15, 0.2) is 11.5 Å². The van der Waals surface area contributed by atoms with E-state index in [2.05, 4.69) is 0 Å². The molecule has 0 bridgehead atoms. The van der Waals surface area contributed by atoms with Crippen molar-refractivity contribution < 1.29 is 25.2 Å². The van der Waals surface area contributed by atoms with Crippen LogP contribution in [0.3, 0.4) is 0 Å². The summed E-state index contributed by atoms with van der Waals surface area (Å²) in [6.07, 6.45) is 2.98. The highest BCUT2D eigenvalue weighted by Crippen LogP contribution is 2.34. The molecule has 0 unspecified atom stereocenters. The molecule has 0 heterocycles. The van der Waals surface area contributed by atoms with E-state index in [1.54, 1.807) is 42.5 Å². The van der Waals surface area contributed by atoms with Crippen molar-refractivity contribution in [1.82, 2.24) is 0 Å². The molecule has 0 aliphatic carbocycles. The van der Waals surface area contributed by atoms with Crippen LogP contribution in [0.1, 0.15) is 22.3 Å². The third kappa shape index (κ3) is 6.20. The molecule has 5 nitrogen and oxygen atoms in total. The van der Waals surface area contributed by atoms with Gasteiger partial charge in [-0.2, -0.15) is 0 Å². The minimum absolute atomic E-state index is 0.0253. The maximum atomic E-state index is 10.3. The zero-order chi connectivity index (χ0) is 23.2. The van der Waals surface area contributed by atoms with E-state index < -0.39 is 0 Å². The van der Waals surface area contributed by atoms with Crippen molar-refractivity contribution in [3.8, 4) is 34.5 Å². The fraction of sp³-hybridized carbons (Fsp3) is 0.143. The summed E-state index contributed by atoms with van der Waals surface area (Å²) in [7, 11) is 0. The molecule has 5 heteroatoms. The number of phenols is 4. The van der Waals surface area contributed by atoms with Gasteiger partial charge >= 0.3 is 0 Å². The number of aryl methyl sites for hydroxylation is 4. The summed E-state index contributed by atoms with van der Waals surface area (Å²) < 4.78 is 5.93. The molecule has 168 valence electrons. The van der Waals surface area contributed by atoms with Crippen molar-refractivity contribution in [2.24, 2.45) is 0 Å². The molecule has 0 saturated heterocycles. The minimum atomic E-state index is 0.0253. The van der Waals surface area contributed by atoms with Gasteiger partial charge < -0.3 is 25.2 Å². The van der Waals surface area contributed by atoms with E-state index >= 15 is 0 Å². The van der Waals surface area contributed by atoms with Gasteiger partial charge in [-0.15, -0.1) is 0 Å². The van der Waals surface area contributed by atoms with Crippen LogP contribution in [0.4, 0.5) is 0 Å². The summed E-state index contributed by atoms with van der Waals surface area (Å²) in [5.74, 6) is 1.37. The Kier molecular flexibility index (Phi) is 6.69. The van der Waals surface area contributed by atoms with Crippen LogP contribution >= 0.6 is 0 Å². The Balaban J connectivity index is 1.44. The highest BCUT2D eigenvalue weighted by atomic mass is 16.5. The second kappa shape index (κ2) is 10.0. The summed E-state index contributed by atoms with van der Waals surface area (Å²) in [4.78, 5) is 0. The van der Waals surface area contributed by atoms with Crippen LogP contribution in [0.15, 0.2) is 84.9 Å². The van der Waals surface area contributed by atoms with Crippen molar-refractivity contribution in [2.75, 3.05) is 0 Å². The summed E-state index contributed by atoms with van der Waals surface area (Å²) in [6, 6.07) is 24.5. The Bertz CT molecular complexity index is 1210. The summed E-state index contributed by atoms with van der Waals surface area (Å²) in [5.41, 5.74) is 4.09. The van der Waals surface area contributed by atoms with Crippen LogP contribution < -0.4 is 4.74 Å². The van der Waals surface area contributed by atoms with Gasteiger partial charge in [0.05, 0.1) is 0 Å². The number of aromatic hydroxyl groups is 4. The maximum Gasteiger partial charge on any atom is 0.169 e. The predicted molar refractivity (Wildman–Crippen MR) is 127 cm³/mol. The molecular weight excluding hydrogens is 416 g/mol. The highest BCUT2D eigenvalue weighted by molar-refractivity contribution is 5.47. The molecule has 33 heavy (non-hydrogen) atoms. The van der Waals surface area contributed by atoms with Gasteiger partial charge in [-0.25, -0.2) is 0 Å². The topological polar surface area (TPSA) is 90.2 Å². The van der Waals surface area contributed by atoms with Gasteiger partial charge in [-0.1, -0.05) is 30.3 Å². The van der Waals surface area contributed by atoms with Crippen LogP contribution in [-0.4, -0.2) is 20.4 Å². The number of hydrogen-bond acceptors (Lipinski definition) is 5. The molecule has 4 N–H and O–H groups in total.